The van der Waals surface area contributed by atoms with E-state index in [-0.39, 0.29) is 12.5 Å². The quantitative estimate of drug-likeness (QED) is 0.579. The van der Waals surface area contributed by atoms with Crippen molar-refractivity contribution in [1.82, 2.24) is 9.88 Å². The number of aromatic nitrogens is 1. The first-order chi connectivity index (χ1) is 15.2. The van der Waals surface area contributed by atoms with Gasteiger partial charge in [-0.2, -0.15) is 4.98 Å². The van der Waals surface area contributed by atoms with Gasteiger partial charge in [0.25, 0.3) is 6.01 Å². The molecule has 0 radical (unpaired) electrons. The topological polar surface area (TPSA) is 52.8 Å². The highest BCUT2D eigenvalue weighted by Gasteiger charge is 2.24. The molecule has 0 atom stereocenters. The third kappa shape index (κ3) is 4.90. The van der Waals surface area contributed by atoms with E-state index in [4.69, 9.17) is 9.40 Å². The third-order valence-electron chi connectivity index (χ3n) is 5.66. The molecule has 1 fully saturated rings. The SMILES string of the molecule is CCCc1oc(N(C)CC(=O)N2CCN(c3ccccc3)CC2)nc1-c1ccccc1. The minimum absolute atomic E-state index is 0.103. The Morgan fingerprint density at radius 1 is 1.00 bits per heavy atom. The van der Waals surface area contributed by atoms with Gasteiger partial charge in [-0.3, -0.25) is 4.79 Å². The van der Waals surface area contributed by atoms with Crippen molar-refractivity contribution in [1.29, 1.82) is 0 Å². The van der Waals surface area contributed by atoms with Crippen molar-refractivity contribution in [2.45, 2.75) is 19.8 Å². The van der Waals surface area contributed by atoms with Crippen LogP contribution in [0.1, 0.15) is 19.1 Å². The summed E-state index contributed by atoms with van der Waals surface area (Å²) in [5, 5.41) is 0. The third-order valence-corrected chi connectivity index (χ3v) is 5.66. The van der Waals surface area contributed by atoms with Gasteiger partial charge in [0.1, 0.15) is 18.0 Å². The van der Waals surface area contributed by atoms with E-state index in [2.05, 4.69) is 36.1 Å². The Morgan fingerprint density at radius 3 is 2.29 bits per heavy atom. The first kappa shape index (κ1) is 21.0. The molecule has 2 heterocycles. The number of para-hydroxylation sites is 1. The summed E-state index contributed by atoms with van der Waals surface area (Å²) >= 11 is 0. The van der Waals surface area contributed by atoms with Crippen molar-refractivity contribution in [2.24, 2.45) is 0 Å². The fraction of sp³-hybridized carbons (Fsp3) is 0.360. The van der Waals surface area contributed by atoms with Gasteiger partial charge in [-0.1, -0.05) is 55.5 Å². The summed E-state index contributed by atoms with van der Waals surface area (Å²) in [5.74, 6) is 0.978. The second kappa shape index (κ2) is 9.69. The van der Waals surface area contributed by atoms with Crippen LogP contribution in [0.2, 0.25) is 0 Å². The Balaban J connectivity index is 1.39. The molecule has 6 heteroatoms. The average molecular weight is 419 g/mol. The number of carbonyl (C=O) groups excluding carboxylic acids is 1. The number of anilines is 2. The van der Waals surface area contributed by atoms with E-state index in [9.17, 15) is 4.79 Å². The highest BCUT2D eigenvalue weighted by molar-refractivity contribution is 5.81. The van der Waals surface area contributed by atoms with E-state index in [1.165, 1.54) is 5.69 Å². The van der Waals surface area contributed by atoms with Crippen LogP contribution >= 0.6 is 0 Å². The van der Waals surface area contributed by atoms with E-state index in [0.717, 1.165) is 56.0 Å². The second-order valence-corrected chi connectivity index (χ2v) is 7.94. The Hall–Kier alpha value is -3.28. The van der Waals surface area contributed by atoms with Crippen molar-refractivity contribution < 1.29 is 9.21 Å². The predicted molar refractivity (Wildman–Crippen MR) is 124 cm³/mol. The summed E-state index contributed by atoms with van der Waals surface area (Å²) in [6.07, 6.45) is 1.79. The number of amides is 1. The minimum atomic E-state index is 0.103. The summed E-state index contributed by atoms with van der Waals surface area (Å²) < 4.78 is 6.07. The van der Waals surface area contributed by atoms with Crippen molar-refractivity contribution in [2.75, 3.05) is 49.6 Å². The van der Waals surface area contributed by atoms with Crippen LogP contribution in [0.25, 0.3) is 11.3 Å². The maximum absolute atomic E-state index is 12.9. The van der Waals surface area contributed by atoms with Gasteiger partial charge in [0.2, 0.25) is 5.91 Å². The molecule has 0 bridgehead atoms. The number of rotatable bonds is 7. The molecule has 6 nitrogen and oxygen atoms in total. The summed E-state index contributed by atoms with van der Waals surface area (Å²) in [5.41, 5.74) is 3.12. The van der Waals surface area contributed by atoms with Gasteiger partial charge in [0.05, 0.1) is 0 Å². The number of aryl methyl sites for hydroxylation is 1. The molecule has 0 N–H and O–H groups in total. The molecule has 4 rings (SSSR count). The standard InChI is InChI=1S/C25H30N4O2/c1-3-10-22-24(20-11-6-4-7-12-20)26-25(31-22)27(2)19-23(30)29-17-15-28(16-18-29)21-13-8-5-9-14-21/h4-9,11-14H,3,10,15-19H2,1-2H3. The number of hydrogen-bond donors (Lipinski definition) is 0. The number of oxazole rings is 1. The Bertz CT molecular complexity index is 979. The van der Waals surface area contributed by atoms with Gasteiger partial charge in [-0.05, 0) is 18.6 Å². The molecule has 162 valence electrons. The van der Waals surface area contributed by atoms with Gasteiger partial charge in [0.15, 0.2) is 0 Å². The highest BCUT2D eigenvalue weighted by Crippen LogP contribution is 2.28. The Morgan fingerprint density at radius 2 is 1.65 bits per heavy atom. The number of hydrogen-bond acceptors (Lipinski definition) is 5. The maximum atomic E-state index is 12.9. The van der Waals surface area contributed by atoms with Crippen molar-refractivity contribution in [3.63, 3.8) is 0 Å². The van der Waals surface area contributed by atoms with Crippen LogP contribution in [0, 0.1) is 0 Å². The molecule has 0 unspecified atom stereocenters. The smallest absolute Gasteiger partial charge is 0.298 e. The number of likely N-dealkylation sites (N-methyl/N-ethyl adjacent to an activating group) is 1. The molecule has 1 aliphatic heterocycles. The van der Waals surface area contributed by atoms with Crippen LogP contribution in [0.15, 0.2) is 65.1 Å². The molecule has 1 aliphatic rings. The maximum Gasteiger partial charge on any atom is 0.298 e. The van der Waals surface area contributed by atoms with E-state index < -0.39 is 0 Å². The molecule has 1 amide bonds. The van der Waals surface area contributed by atoms with Gasteiger partial charge >= 0.3 is 0 Å². The van der Waals surface area contributed by atoms with Crippen LogP contribution < -0.4 is 9.80 Å². The zero-order valence-corrected chi connectivity index (χ0v) is 18.3. The van der Waals surface area contributed by atoms with Crippen molar-refractivity contribution >= 4 is 17.6 Å². The predicted octanol–water partition coefficient (Wildman–Crippen LogP) is 4.08. The lowest BCUT2D eigenvalue weighted by Gasteiger charge is -2.36. The lowest BCUT2D eigenvalue weighted by molar-refractivity contribution is -0.130. The lowest BCUT2D eigenvalue weighted by atomic mass is 10.1. The zero-order valence-electron chi connectivity index (χ0n) is 18.3. The molecular weight excluding hydrogens is 388 g/mol. The normalized spacial score (nSPS) is 14.0. The van der Waals surface area contributed by atoms with Crippen LogP contribution in [0.4, 0.5) is 11.7 Å². The van der Waals surface area contributed by atoms with Gasteiger partial charge in [-0.25, -0.2) is 0 Å². The second-order valence-electron chi connectivity index (χ2n) is 7.94. The number of carbonyl (C=O) groups is 1. The zero-order chi connectivity index (χ0) is 21.6. The molecule has 3 aromatic rings. The number of benzene rings is 2. The number of piperazine rings is 1. The molecule has 0 saturated carbocycles. The Kier molecular flexibility index (Phi) is 6.55. The average Bonchev–Trinajstić information content (AvgIpc) is 3.25. The minimum Gasteiger partial charge on any atom is -0.428 e. The molecule has 2 aromatic carbocycles. The fourth-order valence-corrected chi connectivity index (χ4v) is 3.94. The van der Waals surface area contributed by atoms with E-state index in [1.807, 2.05) is 53.2 Å². The summed E-state index contributed by atoms with van der Waals surface area (Å²) in [4.78, 5) is 23.7. The molecule has 0 aliphatic carbocycles. The summed E-state index contributed by atoms with van der Waals surface area (Å²) in [6.45, 7) is 5.52. The summed E-state index contributed by atoms with van der Waals surface area (Å²) in [7, 11) is 1.87. The van der Waals surface area contributed by atoms with Crippen molar-refractivity contribution in [3.8, 4) is 11.3 Å². The van der Waals surface area contributed by atoms with Crippen molar-refractivity contribution in [3.05, 3.63) is 66.4 Å². The van der Waals surface area contributed by atoms with Gasteiger partial charge in [0, 0.05) is 50.9 Å². The monoisotopic (exact) mass is 418 g/mol. The molecule has 0 spiro atoms. The van der Waals surface area contributed by atoms with E-state index in [0.29, 0.717) is 6.01 Å². The van der Waals surface area contributed by atoms with Gasteiger partial charge in [-0.15, -0.1) is 0 Å². The molecule has 1 aromatic heterocycles. The first-order valence-electron chi connectivity index (χ1n) is 11.0. The van der Waals surface area contributed by atoms with Crippen LogP contribution in [0.5, 0.6) is 0 Å². The molecule has 1 saturated heterocycles. The van der Waals surface area contributed by atoms with E-state index >= 15 is 0 Å². The largest absolute Gasteiger partial charge is 0.428 e. The fourth-order valence-electron chi connectivity index (χ4n) is 3.94. The van der Waals surface area contributed by atoms with Gasteiger partial charge < -0.3 is 19.1 Å². The molecule has 31 heavy (non-hydrogen) atoms. The number of nitrogens with zero attached hydrogens (tertiary/aromatic N) is 4. The Labute approximate surface area is 184 Å². The van der Waals surface area contributed by atoms with Crippen LogP contribution in [-0.2, 0) is 11.2 Å². The highest BCUT2D eigenvalue weighted by atomic mass is 16.4. The van der Waals surface area contributed by atoms with Crippen LogP contribution in [-0.4, -0.2) is 55.6 Å². The summed E-state index contributed by atoms with van der Waals surface area (Å²) in [6, 6.07) is 20.9. The van der Waals surface area contributed by atoms with Crippen LogP contribution in [0.3, 0.4) is 0 Å². The molecular formula is C25H30N4O2. The first-order valence-corrected chi connectivity index (χ1v) is 11.0. The van der Waals surface area contributed by atoms with E-state index in [1.54, 1.807) is 0 Å². The lowest BCUT2D eigenvalue weighted by Crippen LogP contribution is -2.51.